The van der Waals surface area contributed by atoms with E-state index in [0.29, 0.717) is 58.6 Å². The molecule has 1 saturated carbocycles. The first kappa shape index (κ1) is 63.3. The minimum atomic E-state index is -1.81. The first-order valence-corrected chi connectivity index (χ1v) is 25.8. The van der Waals surface area contributed by atoms with E-state index in [1.165, 1.54) is 41.5 Å². The number of carbonyl (C=O) groups is 3. The topological polar surface area (TPSA) is 139 Å². The van der Waals surface area contributed by atoms with Gasteiger partial charge < -0.3 is 29.7 Å². The van der Waals surface area contributed by atoms with Crippen LogP contribution in [0, 0.1) is 23.4 Å². The number of benzene rings is 6. The second kappa shape index (κ2) is 30.1. The second-order valence-electron chi connectivity index (χ2n) is 18.3. The molecule has 0 bridgehead atoms. The van der Waals surface area contributed by atoms with Gasteiger partial charge in [0.25, 0.3) is 0 Å². The molecule has 0 radical (unpaired) electrons. The number of amides is 2. The molecule has 21 heteroatoms. The Labute approximate surface area is 475 Å². The van der Waals surface area contributed by atoms with Gasteiger partial charge in [-0.1, -0.05) is 111 Å². The summed E-state index contributed by atoms with van der Waals surface area (Å²) in [6.07, 6.45) is 7.41. The summed E-state index contributed by atoms with van der Waals surface area (Å²) in [6.45, 7) is 3.26. The smallest absolute Gasteiger partial charge is 0.432 e. The molecule has 75 heavy (non-hydrogen) atoms. The quantitative estimate of drug-likeness (QED) is 0.0948. The van der Waals surface area contributed by atoms with Gasteiger partial charge in [-0.25, -0.2) is 13.2 Å². The predicted molar refractivity (Wildman–Crippen MR) is 311 cm³/mol. The van der Waals surface area contributed by atoms with E-state index in [4.69, 9.17) is 44.9 Å². The molecule has 0 unspecified atom stereocenters. The summed E-state index contributed by atoms with van der Waals surface area (Å²) in [4.78, 5) is 37.9. The Balaban J connectivity index is 0.000000221. The number of Topliss-reactive ketones (excluding diaryl/α,β-unsaturated/α-hetero) is 1. The van der Waals surface area contributed by atoms with Crippen LogP contribution in [-0.4, -0.2) is 80.6 Å². The van der Waals surface area contributed by atoms with Crippen LogP contribution < -0.4 is 5.46 Å². The van der Waals surface area contributed by atoms with Gasteiger partial charge in [-0.2, -0.15) is 27.0 Å². The maximum atomic E-state index is 13.9. The molecule has 0 spiro atoms. The highest BCUT2D eigenvalue weighted by atomic mass is 79.9. The third-order valence-corrected chi connectivity index (χ3v) is 14.1. The van der Waals surface area contributed by atoms with E-state index in [1.54, 1.807) is 41.5 Å². The van der Waals surface area contributed by atoms with Crippen molar-refractivity contribution in [1.82, 2.24) is 9.62 Å². The number of carbonyl (C=O) groups excluding carboxylic acids is 3. The molecule has 2 amide bonds. The number of halogens is 7. The summed E-state index contributed by atoms with van der Waals surface area (Å²) in [6, 6.07) is 36.3. The molecule has 2 saturated heterocycles. The van der Waals surface area contributed by atoms with Crippen molar-refractivity contribution in [1.29, 1.82) is 0 Å². The van der Waals surface area contributed by atoms with Crippen molar-refractivity contribution >= 4 is 122 Å². The molecule has 2 aliphatic heterocycles. The molecule has 9 rings (SSSR count). The zero-order valence-corrected chi connectivity index (χ0v) is 47.1. The normalized spacial score (nSPS) is 16.6. The summed E-state index contributed by atoms with van der Waals surface area (Å²) in [5.41, 5.74) is 5.79. The summed E-state index contributed by atoms with van der Waals surface area (Å²) in [5, 5.41) is 37.8. The minimum Gasteiger partial charge on any atom is -0.432 e. The summed E-state index contributed by atoms with van der Waals surface area (Å²) in [7, 11) is -3.27. The third kappa shape index (κ3) is 18.5. The highest BCUT2D eigenvalue weighted by Gasteiger charge is 2.36. The van der Waals surface area contributed by atoms with Crippen LogP contribution in [0.15, 0.2) is 132 Å². The van der Waals surface area contributed by atoms with Gasteiger partial charge in [0.1, 0.15) is 23.2 Å². The van der Waals surface area contributed by atoms with Crippen molar-refractivity contribution in [3.8, 4) is 22.3 Å². The summed E-state index contributed by atoms with van der Waals surface area (Å²) >= 11 is 20.7. The molecule has 396 valence electrons. The fourth-order valence-corrected chi connectivity index (χ4v) is 10.1. The third-order valence-electron chi connectivity index (χ3n) is 12.9. The summed E-state index contributed by atoms with van der Waals surface area (Å²) in [5.74, 6) is -0.370. The van der Waals surface area contributed by atoms with Crippen molar-refractivity contribution in [2.75, 3.05) is 0 Å². The van der Waals surface area contributed by atoms with Crippen molar-refractivity contribution in [2.45, 2.75) is 89.9 Å². The molecule has 4 N–H and O–H groups in total. The fraction of sp³-hybridized carbons (Fsp3) is 0.278. The number of nitrogens with zero attached hydrogens (tertiary/aromatic N) is 2. The predicted octanol–water partition coefficient (Wildman–Crippen LogP) is 11.3. The Morgan fingerprint density at radius 3 is 1.29 bits per heavy atom. The molecule has 3 aliphatic rings. The lowest BCUT2D eigenvalue weighted by atomic mass is 9.80. The van der Waals surface area contributed by atoms with E-state index in [1.807, 2.05) is 72.8 Å². The van der Waals surface area contributed by atoms with Gasteiger partial charge in [0.2, 0.25) is 11.8 Å². The maximum Gasteiger partial charge on any atom is 0.491 e. The van der Waals surface area contributed by atoms with Crippen LogP contribution in [0.25, 0.3) is 22.3 Å². The van der Waals surface area contributed by atoms with Crippen LogP contribution in [0.4, 0.5) is 13.2 Å². The lowest BCUT2D eigenvalue weighted by Gasteiger charge is -2.25. The number of ketones is 1. The van der Waals surface area contributed by atoms with Gasteiger partial charge in [-0.05, 0) is 153 Å². The van der Waals surface area contributed by atoms with Crippen molar-refractivity contribution < 1.29 is 47.7 Å². The largest absolute Gasteiger partial charge is 0.491 e. The van der Waals surface area contributed by atoms with E-state index < -0.39 is 27.0 Å². The Kier molecular flexibility index (Phi) is 25.4. The second-order valence-corrected chi connectivity index (χ2v) is 20.5. The monoisotopic (exact) mass is 1180 g/mol. The van der Waals surface area contributed by atoms with Gasteiger partial charge >= 0.3 is 21.2 Å². The highest BCUT2D eigenvalue weighted by molar-refractivity contribution is 9.10. The van der Waals surface area contributed by atoms with E-state index in [0.717, 1.165) is 65.8 Å². The van der Waals surface area contributed by atoms with Gasteiger partial charge in [0.05, 0.1) is 0 Å². The van der Waals surface area contributed by atoms with Gasteiger partial charge in [0, 0.05) is 73.9 Å². The number of rotatable bonds is 11. The SMILES string of the molecule is CB(O)N1C(=O)CC[C@H]1Cc1ccc(-c2cc(Cl)ccc2F)cc1.CB(O)N1C(=O)CC[C@H]1Cc1ccc(Br)cc1.O=C1CC[C@@H](Cc2ccc(-c3cc(Cl)ccc3F)cc2)C1.OB(O)c1cc(Cl)ccc1F.S.S. The lowest BCUT2D eigenvalue weighted by Crippen LogP contribution is -2.44. The average Bonchev–Trinajstić information content (AvgIpc) is 4.06. The molecule has 0 aromatic heterocycles. The lowest BCUT2D eigenvalue weighted by molar-refractivity contribution is -0.126. The first-order chi connectivity index (χ1) is 34.8. The zero-order valence-electron chi connectivity index (χ0n) is 41.2. The average molecular weight is 1190 g/mol. The molecule has 6 aromatic carbocycles. The van der Waals surface area contributed by atoms with Crippen LogP contribution in [0.3, 0.4) is 0 Å². The Morgan fingerprint density at radius 2 is 0.920 bits per heavy atom. The number of hydrogen-bond acceptors (Lipinski definition) is 7. The first-order valence-electron chi connectivity index (χ1n) is 23.9. The molecule has 9 nitrogen and oxygen atoms in total. The van der Waals surface area contributed by atoms with E-state index >= 15 is 0 Å². The highest BCUT2D eigenvalue weighted by Crippen LogP contribution is 2.31. The molecule has 3 atom stereocenters. The minimum absolute atomic E-state index is 0. The van der Waals surface area contributed by atoms with E-state index in [9.17, 15) is 37.6 Å². The van der Waals surface area contributed by atoms with Crippen molar-refractivity contribution in [3.05, 3.63) is 181 Å². The zero-order chi connectivity index (χ0) is 52.9. The van der Waals surface area contributed by atoms with Gasteiger partial charge in [0.15, 0.2) is 0 Å². The van der Waals surface area contributed by atoms with Crippen LogP contribution in [0.5, 0.6) is 0 Å². The van der Waals surface area contributed by atoms with Gasteiger partial charge in [-0.3, -0.25) is 14.4 Å². The number of hydrogen-bond donors (Lipinski definition) is 4. The maximum absolute atomic E-state index is 13.9. The molecular formula is C54H58B3BrCl3F3N2O7S2. The van der Waals surface area contributed by atoms with E-state index in [2.05, 4.69) is 15.9 Å². The molecule has 3 fully saturated rings. The van der Waals surface area contributed by atoms with Crippen LogP contribution in [0.2, 0.25) is 28.7 Å². The molecule has 2 heterocycles. The van der Waals surface area contributed by atoms with Crippen molar-refractivity contribution in [3.63, 3.8) is 0 Å². The molecule has 1 aliphatic carbocycles. The van der Waals surface area contributed by atoms with E-state index in [-0.39, 0.29) is 73.0 Å². The standard InChI is InChI=1S/C18H18BClFNO2.C18H16ClFO.C12H15BBrNO2.C6H5BClFO2.2H2S/c1-19(24)22-15(7-9-18(22)23)10-12-2-4-13(5-3-12)16-11-14(20)6-8-17(16)21;19-15-6-8-18(20)17(11-15)14-4-1-12(2-5-14)9-13-3-7-16(21)10-13;1-13(17)15-11(6-7-12(15)16)8-9-2-4-10(14)5-3-9;8-4-1-2-6(9)5(3-4)7(10)11;;/h2-6,8,11,15,24H,7,9-10H2,1H3;1-2,4-6,8,11,13H,3,7,9-10H2;2-5,11,17H,6-8H2,1H3;1-3,10-11H;2*1H2/t15-;13-;11-;;;/m000.../s1. The summed E-state index contributed by atoms with van der Waals surface area (Å²) < 4.78 is 41.5. The van der Waals surface area contributed by atoms with Gasteiger partial charge in [-0.15, -0.1) is 0 Å². The van der Waals surface area contributed by atoms with Crippen molar-refractivity contribution in [2.24, 2.45) is 5.92 Å². The Hall–Kier alpha value is -4.20. The van der Waals surface area contributed by atoms with Crippen LogP contribution in [-0.2, 0) is 33.6 Å². The Bertz CT molecular complexity index is 2850. The van der Waals surface area contributed by atoms with Crippen LogP contribution >= 0.6 is 77.7 Å². The fourth-order valence-electron chi connectivity index (χ4n) is 9.31. The molecule has 6 aromatic rings. The molecular weight excluding hydrogens is 1130 g/mol. The van der Waals surface area contributed by atoms with Crippen LogP contribution in [0.1, 0.15) is 61.6 Å². The Morgan fingerprint density at radius 1 is 0.533 bits per heavy atom.